The maximum Gasteiger partial charge on any atom is 0.407 e. The standard InChI is InChI=1S/C10H20N2O4/c1-4-15-9(13)11-7-6-8(3)12-10(14)16-5-2/h8H,4-7H2,1-3H3,(H,11,13)(H,12,14). The van der Waals surface area contributed by atoms with Gasteiger partial charge in [-0.3, -0.25) is 0 Å². The zero-order valence-corrected chi connectivity index (χ0v) is 10.0. The number of alkyl carbamates (subject to hydrolysis) is 2. The predicted molar refractivity (Wildman–Crippen MR) is 59.3 cm³/mol. The highest BCUT2D eigenvalue weighted by molar-refractivity contribution is 5.67. The summed E-state index contributed by atoms with van der Waals surface area (Å²) in [5.41, 5.74) is 0. The molecule has 0 aromatic carbocycles. The smallest absolute Gasteiger partial charge is 0.407 e. The molecule has 1 unspecified atom stereocenters. The van der Waals surface area contributed by atoms with Gasteiger partial charge >= 0.3 is 12.2 Å². The lowest BCUT2D eigenvalue weighted by Gasteiger charge is -2.13. The summed E-state index contributed by atoms with van der Waals surface area (Å²) in [7, 11) is 0. The molecule has 0 aliphatic rings. The highest BCUT2D eigenvalue weighted by Crippen LogP contribution is 1.90. The van der Waals surface area contributed by atoms with Crippen molar-refractivity contribution in [1.82, 2.24) is 10.6 Å². The van der Waals surface area contributed by atoms with Gasteiger partial charge in [0.1, 0.15) is 0 Å². The Morgan fingerprint density at radius 3 is 2.25 bits per heavy atom. The van der Waals surface area contributed by atoms with Gasteiger partial charge in [-0.2, -0.15) is 0 Å². The van der Waals surface area contributed by atoms with Gasteiger partial charge in [-0.25, -0.2) is 9.59 Å². The third-order valence-corrected chi connectivity index (χ3v) is 1.76. The average Bonchev–Trinajstić information content (AvgIpc) is 2.18. The van der Waals surface area contributed by atoms with Gasteiger partial charge in [0.15, 0.2) is 0 Å². The van der Waals surface area contributed by atoms with E-state index in [-0.39, 0.29) is 6.04 Å². The van der Waals surface area contributed by atoms with Crippen LogP contribution in [0, 0.1) is 0 Å². The Balaban J connectivity index is 3.53. The molecule has 0 saturated carbocycles. The average molecular weight is 232 g/mol. The van der Waals surface area contributed by atoms with Crippen LogP contribution in [0.15, 0.2) is 0 Å². The molecule has 0 aromatic heterocycles. The molecule has 2 N–H and O–H groups in total. The molecule has 0 heterocycles. The summed E-state index contributed by atoms with van der Waals surface area (Å²) >= 11 is 0. The van der Waals surface area contributed by atoms with Gasteiger partial charge in [0.25, 0.3) is 0 Å². The first-order valence-corrected chi connectivity index (χ1v) is 5.44. The molecule has 2 amide bonds. The number of nitrogens with one attached hydrogen (secondary N) is 2. The summed E-state index contributed by atoms with van der Waals surface area (Å²) in [6, 6.07) is -0.0547. The normalized spacial score (nSPS) is 11.4. The SMILES string of the molecule is CCOC(=O)NCCC(C)NC(=O)OCC. The molecule has 0 saturated heterocycles. The molecule has 0 bridgehead atoms. The van der Waals surface area contributed by atoms with Gasteiger partial charge in [-0.05, 0) is 27.2 Å². The first-order valence-electron chi connectivity index (χ1n) is 5.44. The van der Waals surface area contributed by atoms with Crippen LogP contribution in [0.1, 0.15) is 27.2 Å². The van der Waals surface area contributed by atoms with Crippen LogP contribution in [0.4, 0.5) is 9.59 Å². The van der Waals surface area contributed by atoms with E-state index in [9.17, 15) is 9.59 Å². The van der Waals surface area contributed by atoms with Gasteiger partial charge in [0, 0.05) is 12.6 Å². The van der Waals surface area contributed by atoms with E-state index in [1.807, 2.05) is 6.92 Å². The molecule has 6 nitrogen and oxygen atoms in total. The molecule has 94 valence electrons. The zero-order valence-electron chi connectivity index (χ0n) is 10.0. The lowest BCUT2D eigenvalue weighted by atomic mass is 10.2. The van der Waals surface area contributed by atoms with E-state index in [1.54, 1.807) is 13.8 Å². The summed E-state index contributed by atoms with van der Waals surface area (Å²) in [5, 5.41) is 5.20. The molecule has 0 aliphatic heterocycles. The number of hydrogen-bond acceptors (Lipinski definition) is 4. The second-order valence-electron chi connectivity index (χ2n) is 3.20. The number of rotatable bonds is 6. The van der Waals surface area contributed by atoms with E-state index < -0.39 is 12.2 Å². The van der Waals surface area contributed by atoms with Crippen molar-refractivity contribution in [2.75, 3.05) is 19.8 Å². The second kappa shape index (κ2) is 8.82. The Morgan fingerprint density at radius 1 is 1.12 bits per heavy atom. The van der Waals surface area contributed by atoms with E-state index in [4.69, 9.17) is 4.74 Å². The quantitative estimate of drug-likeness (QED) is 0.722. The number of carbonyl (C=O) groups is 2. The monoisotopic (exact) mass is 232 g/mol. The van der Waals surface area contributed by atoms with Crippen LogP contribution >= 0.6 is 0 Å². The lowest BCUT2D eigenvalue weighted by molar-refractivity contribution is 0.147. The van der Waals surface area contributed by atoms with Crippen molar-refractivity contribution in [3.63, 3.8) is 0 Å². The van der Waals surface area contributed by atoms with Crippen molar-refractivity contribution >= 4 is 12.2 Å². The summed E-state index contributed by atoms with van der Waals surface area (Å²) in [4.78, 5) is 21.9. The number of carbonyl (C=O) groups excluding carboxylic acids is 2. The molecule has 0 aromatic rings. The largest absolute Gasteiger partial charge is 0.450 e. The minimum Gasteiger partial charge on any atom is -0.450 e. The van der Waals surface area contributed by atoms with Gasteiger partial charge < -0.3 is 20.1 Å². The Bertz CT molecular complexity index is 221. The van der Waals surface area contributed by atoms with Crippen LogP contribution < -0.4 is 10.6 Å². The molecular formula is C10H20N2O4. The molecule has 0 rings (SSSR count). The number of ether oxygens (including phenoxy) is 2. The lowest BCUT2D eigenvalue weighted by Crippen LogP contribution is -2.36. The van der Waals surface area contributed by atoms with Crippen molar-refractivity contribution in [1.29, 1.82) is 0 Å². The van der Waals surface area contributed by atoms with Crippen LogP contribution in [0.2, 0.25) is 0 Å². The zero-order chi connectivity index (χ0) is 12.4. The topological polar surface area (TPSA) is 76.7 Å². The van der Waals surface area contributed by atoms with Crippen molar-refractivity contribution in [3.05, 3.63) is 0 Å². The maximum absolute atomic E-state index is 11.0. The van der Waals surface area contributed by atoms with Crippen LogP contribution in [0.3, 0.4) is 0 Å². The third-order valence-electron chi connectivity index (χ3n) is 1.76. The summed E-state index contributed by atoms with van der Waals surface area (Å²) in [6.45, 7) is 6.47. The molecule has 0 radical (unpaired) electrons. The number of amides is 2. The van der Waals surface area contributed by atoms with Gasteiger partial charge in [-0.1, -0.05) is 0 Å². The Morgan fingerprint density at radius 2 is 1.69 bits per heavy atom. The van der Waals surface area contributed by atoms with Gasteiger partial charge in [0.05, 0.1) is 13.2 Å². The highest BCUT2D eigenvalue weighted by atomic mass is 16.6. The fourth-order valence-corrected chi connectivity index (χ4v) is 1.02. The van der Waals surface area contributed by atoms with E-state index in [2.05, 4.69) is 15.4 Å². The molecular weight excluding hydrogens is 212 g/mol. The predicted octanol–water partition coefficient (Wildman–Crippen LogP) is 1.26. The van der Waals surface area contributed by atoms with E-state index >= 15 is 0 Å². The van der Waals surface area contributed by atoms with Crippen LogP contribution in [0.25, 0.3) is 0 Å². The minimum absolute atomic E-state index is 0.0547. The Hall–Kier alpha value is -1.46. The second-order valence-corrected chi connectivity index (χ2v) is 3.20. The van der Waals surface area contributed by atoms with E-state index in [0.717, 1.165) is 0 Å². The van der Waals surface area contributed by atoms with E-state index in [0.29, 0.717) is 26.2 Å². The third kappa shape index (κ3) is 7.90. The fraction of sp³-hybridized carbons (Fsp3) is 0.800. The maximum atomic E-state index is 11.0. The van der Waals surface area contributed by atoms with Crippen molar-refractivity contribution in [2.45, 2.75) is 33.2 Å². The molecule has 1 atom stereocenters. The molecule has 0 fully saturated rings. The van der Waals surface area contributed by atoms with Gasteiger partial charge in [0.2, 0.25) is 0 Å². The summed E-state index contributed by atoms with van der Waals surface area (Å²) in [6.07, 6.45) is -0.255. The van der Waals surface area contributed by atoms with Crippen molar-refractivity contribution in [2.24, 2.45) is 0 Å². The Labute approximate surface area is 95.7 Å². The fourth-order valence-electron chi connectivity index (χ4n) is 1.02. The Kier molecular flexibility index (Phi) is 8.01. The van der Waals surface area contributed by atoms with Crippen molar-refractivity contribution < 1.29 is 19.1 Å². The first kappa shape index (κ1) is 14.5. The molecule has 0 spiro atoms. The van der Waals surface area contributed by atoms with Crippen LogP contribution in [0.5, 0.6) is 0 Å². The molecule has 6 heteroatoms. The summed E-state index contributed by atoms with van der Waals surface area (Å²) in [5.74, 6) is 0. The van der Waals surface area contributed by atoms with Gasteiger partial charge in [-0.15, -0.1) is 0 Å². The molecule has 16 heavy (non-hydrogen) atoms. The number of hydrogen-bond donors (Lipinski definition) is 2. The molecule has 0 aliphatic carbocycles. The highest BCUT2D eigenvalue weighted by Gasteiger charge is 2.08. The van der Waals surface area contributed by atoms with Crippen molar-refractivity contribution in [3.8, 4) is 0 Å². The first-order chi connectivity index (χ1) is 7.60. The van der Waals surface area contributed by atoms with E-state index in [1.165, 1.54) is 0 Å². The van der Waals surface area contributed by atoms with Crippen LogP contribution in [-0.4, -0.2) is 38.0 Å². The minimum atomic E-state index is -0.439. The summed E-state index contributed by atoms with van der Waals surface area (Å²) < 4.78 is 9.40. The van der Waals surface area contributed by atoms with Crippen LogP contribution in [-0.2, 0) is 9.47 Å².